The largest absolute Gasteiger partial charge is 0.406 e. The van der Waals surface area contributed by atoms with Crippen molar-refractivity contribution >= 4 is 34.7 Å². The Morgan fingerprint density at radius 1 is 0.852 bits per heavy atom. The monoisotopic (exact) mass is 355 g/mol. The van der Waals surface area contributed by atoms with E-state index in [1.54, 1.807) is 0 Å². The van der Waals surface area contributed by atoms with E-state index in [0.29, 0.717) is 6.85 Å². The first kappa shape index (κ1) is 17.8. The van der Waals surface area contributed by atoms with Gasteiger partial charge in [0, 0.05) is 16.7 Å². The second-order valence-corrected chi connectivity index (χ2v) is 8.65. The molecule has 2 heterocycles. The van der Waals surface area contributed by atoms with Crippen molar-refractivity contribution in [3.8, 4) is 0 Å². The van der Waals surface area contributed by atoms with E-state index in [9.17, 15) is 0 Å². The lowest BCUT2D eigenvalue weighted by Crippen LogP contribution is -2.55. The van der Waals surface area contributed by atoms with Crippen LogP contribution in [-0.4, -0.2) is 6.85 Å². The molecule has 2 aromatic carbocycles. The van der Waals surface area contributed by atoms with Crippen molar-refractivity contribution in [3.05, 3.63) is 71.1 Å². The maximum absolute atomic E-state index is 2.51. The van der Waals surface area contributed by atoms with Gasteiger partial charge in [-0.15, -0.1) is 0 Å². The fraction of sp³-hybridized carbons (Fsp3) is 0.292. The van der Waals surface area contributed by atoms with E-state index in [-0.39, 0.29) is 5.41 Å². The minimum atomic E-state index is 0.101. The number of rotatable bonds is 1. The summed E-state index contributed by atoms with van der Waals surface area (Å²) in [5.74, 6) is 1.23. The van der Waals surface area contributed by atoms with Crippen LogP contribution < -0.4 is 19.8 Å². The second-order valence-electron chi connectivity index (χ2n) is 8.65. The van der Waals surface area contributed by atoms with Gasteiger partial charge in [-0.3, -0.25) is 4.81 Å². The van der Waals surface area contributed by atoms with Crippen molar-refractivity contribution in [1.29, 1.82) is 0 Å². The Hall–Kier alpha value is -2.55. The molecule has 0 bridgehead atoms. The fourth-order valence-electron chi connectivity index (χ4n) is 4.78. The van der Waals surface area contributed by atoms with Gasteiger partial charge in [-0.1, -0.05) is 63.2 Å². The van der Waals surface area contributed by atoms with Gasteiger partial charge in [-0.05, 0) is 42.0 Å². The van der Waals surface area contributed by atoms with E-state index in [2.05, 4.69) is 112 Å². The van der Waals surface area contributed by atoms with E-state index < -0.39 is 0 Å². The van der Waals surface area contributed by atoms with E-state index in [4.69, 9.17) is 0 Å². The molecule has 4 rings (SSSR count). The highest BCUT2D eigenvalue weighted by atomic mass is 15.2. The third kappa shape index (κ3) is 2.77. The summed E-state index contributed by atoms with van der Waals surface area (Å²) in [7, 11) is 2.18. The highest BCUT2D eigenvalue weighted by Crippen LogP contribution is 2.33. The van der Waals surface area contributed by atoms with Crippen molar-refractivity contribution in [2.24, 2.45) is 12.5 Å². The predicted molar refractivity (Wildman–Crippen MR) is 117 cm³/mol. The SMILES string of the molecule is CB1C(C(C)(C)C)=c2ccccc2=C(C)N1c1ccc2ccccc2[n+]1C. The molecule has 0 radical (unpaired) electrons. The standard InChI is InChI=1S/C24H28BN2/c1-17-19-12-8-9-13-20(19)23(24(2,3)4)25(5)27(17)22-16-15-18-11-7-10-14-21(18)26(22)6/h7-16H,1-6H3/q+1. The average molecular weight is 355 g/mol. The van der Waals surface area contributed by atoms with Crippen molar-refractivity contribution in [1.82, 2.24) is 0 Å². The van der Waals surface area contributed by atoms with Crippen molar-refractivity contribution in [3.63, 3.8) is 0 Å². The molecule has 3 heteroatoms. The first-order valence-corrected chi connectivity index (χ1v) is 9.78. The van der Waals surface area contributed by atoms with Gasteiger partial charge in [0.25, 0.3) is 5.82 Å². The summed E-state index contributed by atoms with van der Waals surface area (Å²) in [4.78, 5) is 2.51. The molecule has 1 aromatic heterocycles. The van der Waals surface area contributed by atoms with Gasteiger partial charge in [0.2, 0.25) is 0 Å². The zero-order valence-electron chi connectivity index (χ0n) is 17.2. The van der Waals surface area contributed by atoms with Gasteiger partial charge in [-0.25, -0.2) is 4.57 Å². The van der Waals surface area contributed by atoms with Crippen molar-refractivity contribution in [2.75, 3.05) is 4.81 Å². The topological polar surface area (TPSA) is 7.12 Å². The molecule has 2 nitrogen and oxygen atoms in total. The molecule has 0 amide bonds. The van der Waals surface area contributed by atoms with E-state index in [0.717, 1.165) is 0 Å². The number of fused-ring (bicyclic) bond motifs is 2. The van der Waals surface area contributed by atoms with Crippen LogP contribution in [-0.2, 0) is 7.05 Å². The van der Waals surface area contributed by atoms with Gasteiger partial charge in [0.15, 0.2) is 0 Å². The maximum Gasteiger partial charge on any atom is 0.406 e. The smallest absolute Gasteiger partial charge is 0.290 e. The van der Waals surface area contributed by atoms with Crippen molar-refractivity contribution in [2.45, 2.75) is 34.5 Å². The molecular formula is C24H28BN2+. The molecule has 27 heavy (non-hydrogen) atoms. The molecule has 0 saturated heterocycles. The summed E-state index contributed by atoms with van der Waals surface area (Å²) in [6.07, 6.45) is 0. The summed E-state index contributed by atoms with van der Waals surface area (Å²) in [5, 5.41) is 4.01. The van der Waals surface area contributed by atoms with Gasteiger partial charge in [0.1, 0.15) is 5.52 Å². The molecule has 0 aliphatic carbocycles. The van der Waals surface area contributed by atoms with Crippen LogP contribution in [0.1, 0.15) is 27.7 Å². The van der Waals surface area contributed by atoms with Crippen LogP contribution in [0, 0.1) is 5.41 Å². The van der Waals surface area contributed by atoms with E-state index in [1.807, 2.05) is 0 Å². The third-order valence-electron chi connectivity index (χ3n) is 5.88. The quantitative estimate of drug-likeness (QED) is 0.477. The van der Waals surface area contributed by atoms with Crippen LogP contribution in [0.25, 0.3) is 22.1 Å². The Morgan fingerprint density at radius 3 is 2.19 bits per heavy atom. The van der Waals surface area contributed by atoms with Gasteiger partial charge >= 0.3 is 6.85 Å². The number of benzene rings is 2. The molecule has 0 atom stereocenters. The molecule has 0 unspecified atom stereocenters. The molecule has 0 saturated carbocycles. The van der Waals surface area contributed by atoms with E-state index in [1.165, 1.54) is 38.3 Å². The van der Waals surface area contributed by atoms with Crippen LogP contribution >= 0.6 is 0 Å². The number of aryl methyl sites for hydroxylation is 1. The Morgan fingerprint density at radius 2 is 1.48 bits per heavy atom. The Balaban J connectivity index is 2.04. The lowest BCUT2D eigenvalue weighted by molar-refractivity contribution is -0.631. The minimum Gasteiger partial charge on any atom is -0.290 e. The summed E-state index contributed by atoms with van der Waals surface area (Å²) >= 11 is 0. The molecular weight excluding hydrogens is 327 g/mol. The van der Waals surface area contributed by atoms with Gasteiger partial charge < -0.3 is 0 Å². The zero-order valence-corrected chi connectivity index (χ0v) is 17.2. The summed E-state index contributed by atoms with van der Waals surface area (Å²) in [6.45, 7) is 11.9. The van der Waals surface area contributed by atoms with Crippen LogP contribution in [0.2, 0.25) is 6.82 Å². The second kappa shape index (κ2) is 6.26. The summed E-state index contributed by atoms with van der Waals surface area (Å²) in [6, 6.07) is 22.0. The first-order valence-electron chi connectivity index (χ1n) is 9.78. The molecule has 1 aliphatic rings. The highest BCUT2D eigenvalue weighted by Gasteiger charge is 2.41. The summed E-state index contributed by atoms with van der Waals surface area (Å²) < 4.78 is 2.32. The third-order valence-corrected chi connectivity index (χ3v) is 5.88. The maximum atomic E-state index is 2.51. The minimum absolute atomic E-state index is 0.101. The number of pyridine rings is 1. The Labute approximate surface area is 162 Å². The highest BCUT2D eigenvalue weighted by molar-refractivity contribution is 6.81. The predicted octanol–water partition coefficient (Wildman–Crippen LogP) is 3.67. The molecule has 0 N–H and O–H groups in total. The number of anilines is 1. The number of hydrogen-bond acceptors (Lipinski definition) is 1. The Kier molecular flexibility index (Phi) is 4.14. The van der Waals surface area contributed by atoms with Gasteiger partial charge in [-0.2, -0.15) is 0 Å². The van der Waals surface area contributed by atoms with Gasteiger partial charge in [0.05, 0.1) is 12.7 Å². The molecule has 0 fully saturated rings. The number of hydrogen-bond donors (Lipinski definition) is 0. The molecule has 0 spiro atoms. The van der Waals surface area contributed by atoms with Crippen LogP contribution in [0.15, 0.2) is 60.7 Å². The molecule has 1 aliphatic heterocycles. The Bertz CT molecular complexity index is 1150. The molecule has 136 valence electrons. The average Bonchev–Trinajstić information content (AvgIpc) is 2.63. The molecule has 3 aromatic rings. The van der Waals surface area contributed by atoms with Crippen molar-refractivity contribution < 1.29 is 4.57 Å². The van der Waals surface area contributed by atoms with Crippen LogP contribution in [0.3, 0.4) is 0 Å². The lowest BCUT2D eigenvalue weighted by atomic mass is 9.47. The first-order chi connectivity index (χ1) is 12.8. The fourth-order valence-corrected chi connectivity index (χ4v) is 4.78. The zero-order chi connectivity index (χ0) is 19.3. The number of nitrogens with zero attached hydrogens (tertiary/aromatic N) is 2. The van der Waals surface area contributed by atoms with E-state index >= 15 is 0 Å². The normalized spacial score (nSPS) is 14.7. The van der Waals surface area contributed by atoms with Crippen LogP contribution in [0.4, 0.5) is 5.82 Å². The number of para-hydroxylation sites is 1. The lowest BCUT2D eigenvalue weighted by Gasteiger charge is -2.34. The number of aromatic nitrogens is 1. The summed E-state index contributed by atoms with van der Waals surface area (Å²) in [5.41, 5.74) is 4.17. The van der Waals surface area contributed by atoms with Crippen LogP contribution in [0.5, 0.6) is 0 Å².